The van der Waals surface area contributed by atoms with Crippen LogP contribution in [0.25, 0.3) is 0 Å². The van der Waals surface area contributed by atoms with Gasteiger partial charge in [0.15, 0.2) is 0 Å². The van der Waals surface area contributed by atoms with Gasteiger partial charge in [0.05, 0.1) is 0 Å². The van der Waals surface area contributed by atoms with Crippen LogP contribution in [0.1, 0.15) is 11.5 Å². The van der Waals surface area contributed by atoms with Crippen molar-refractivity contribution in [3.63, 3.8) is 0 Å². The molecular formula is C18H21ClF2N2O3S. The highest BCUT2D eigenvalue weighted by Crippen LogP contribution is 2.37. The summed E-state index contributed by atoms with van der Waals surface area (Å²) in [6, 6.07) is 15.0. The van der Waals surface area contributed by atoms with Crippen LogP contribution in [0.2, 0.25) is 0 Å². The van der Waals surface area contributed by atoms with E-state index >= 15 is 0 Å². The number of rotatable bonds is 6. The Hall–Kier alpha value is -1.74. The number of benzene rings is 2. The summed E-state index contributed by atoms with van der Waals surface area (Å²) < 4.78 is 57.0. The van der Waals surface area contributed by atoms with Crippen molar-refractivity contribution in [2.24, 2.45) is 11.7 Å². The first-order chi connectivity index (χ1) is 12.4. The van der Waals surface area contributed by atoms with E-state index in [1.165, 1.54) is 28.6 Å². The third kappa shape index (κ3) is 4.57. The minimum atomic E-state index is -3.98. The van der Waals surface area contributed by atoms with Crippen LogP contribution in [0.15, 0.2) is 59.5 Å². The van der Waals surface area contributed by atoms with E-state index in [1.807, 2.05) is 30.3 Å². The molecule has 5 nitrogen and oxygen atoms in total. The average molecular weight is 419 g/mol. The smallest absolute Gasteiger partial charge is 0.387 e. The Labute approximate surface area is 163 Å². The molecule has 0 aliphatic carbocycles. The molecule has 2 atom stereocenters. The van der Waals surface area contributed by atoms with Crippen LogP contribution in [-0.2, 0) is 10.0 Å². The predicted octanol–water partition coefficient (Wildman–Crippen LogP) is 3.07. The Balaban J connectivity index is 0.00000261. The van der Waals surface area contributed by atoms with Crippen LogP contribution in [-0.4, -0.2) is 39.0 Å². The van der Waals surface area contributed by atoms with E-state index in [9.17, 15) is 17.2 Å². The summed E-state index contributed by atoms with van der Waals surface area (Å²) in [6.45, 7) is -2.28. The molecule has 1 aliphatic heterocycles. The molecule has 0 amide bonds. The first-order valence-corrected chi connectivity index (χ1v) is 9.66. The second-order valence-corrected chi connectivity index (χ2v) is 8.07. The highest BCUT2D eigenvalue weighted by Gasteiger charge is 2.40. The lowest BCUT2D eigenvalue weighted by atomic mass is 9.89. The topological polar surface area (TPSA) is 72.6 Å². The van der Waals surface area contributed by atoms with Crippen LogP contribution in [0, 0.1) is 5.92 Å². The van der Waals surface area contributed by atoms with Gasteiger partial charge in [-0.1, -0.05) is 42.5 Å². The summed E-state index contributed by atoms with van der Waals surface area (Å²) in [5.74, 6) is -0.440. The number of hydrogen-bond donors (Lipinski definition) is 1. The quantitative estimate of drug-likeness (QED) is 0.782. The van der Waals surface area contributed by atoms with Gasteiger partial charge in [-0.15, -0.1) is 12.4 Å². The normalized spacial score (nSPS) is 20.4. The molecular weight excluding hydrogens is 398 g/mol. The zero-order chi connectivity index (χ0) is 18.7. The van der Waals surface area contributed by atoms with Gasteiger partial charge >= 0.3 is 6.61 Å². The number of hydrogen-bond acceptors (Lipinski definition) is 4. The summed E-state index contributed by atoms with van der Waals surface area (Å²) in [4.78, 5) is -0.259. The minimum absolute atomic E-state index is 0. The van der Waals surface area contributed by atoms with Crippen molar-refractivity contribution in [3.05, 3.63) is 60.2 Å². The maximum atomic E-state index is 13.0. The van der Waals surface area contributed by atoms with Gasteiger partial charge in [0.2, 0.25) is 10.0 Å². The van der Waals surface area contributed by atoms with Crippen molar-refractivity contribution in [2.45, 2.75) is 17.4 Å². The molecule has 1 fully saturated rings. The SMILES string of the molecule is Cl.NC[C@@H]1CN(S(=O)(=O)c2ccccc2OC(F)F)C[C@H]1c1ccccc1. The van der Waals surface area contributed by atoms with Crippen LogP contribution >= 0.6 is 12.4 Å². The lowest BCUT2D eigenvalue weighted by Crippen LogP contribution is -2.30. The zero-order valence-electron chi connectivity index (χ0n) is 14.4. The minimum Gasteiger partial charge on any atom is -0.433 e. The van der Waals surface area contributed by atoms with Crippen molar-refractivity contribution in [1.82, 2.24) is 4.31 Å². The lowest BCUT2D eigenvalue weighted by molar-refractivity contribution is -0.0517. The fourth-order valence-corrected chi connectivity index (χ4v) is 4.98. The first kappa shape index (κ1) is 21.6. The van der Waals surface area contributed by atoms with Gasteiger partial charge in [-0.3, -0.25) is 0 Å². The third-order valence-electron chi connectivity index (χ3n) is 4.62. The van der Waals surface area contributed by atoms with E-state index in [-0.39, 0.29) is 48.0 Å². The van der Waals surface area contributed by atoms with E-state index in [1.54, 1.807) is 0 Å². The molecule has 3 rings (SSSR count). The maximum Gasteiger partial charge on any atom is 0.387 e. The first-order valence-electron chi connectivity index (χ1n) is 8.22. The number of alkyl halides is 2. The molecule has 2 aromatic carbocycles. The molecule has 148 valence electrons. The van der Waals surface area contributed by atoms with Gasteiger partial charge in [0.1, 0.15) is 10.6 Å². The molecule has 0 unspecified atom stereocenters. The Morgan fingerprint density at radius 1 is 1.07 bits per heavy atom. The highest BCUT2D eigenvalue weighted by atomic mass is 35.5. The Morgan fingerprint density at radius 2 is 1.70 bits per heavy atom. The number of sulfonamides is 1. The van der Waals surface area contributed by atoms with Crippen molar-refractivity contribution in [3.8, 4) is 5.75 Å². The fourth-order valence-electron chi connectivity index (χ4n) is 3.34. The average Bonchev–Trinajstić information content (AvgIpc) is 3.07. The van der Waals surface area contributed by atoms with Gasteiger partial charge in [0, 0.05) is 19.0 Å². The van der Waals surface area contributed by atoms with E-state index in [4.69, 9.17) is 5.73 Å². The van der Waals surface area contributed by atoms with Crippen molar-refractivity contribution < 1.29 is 21.9 Å². The monoisotopic (exact) mass is 418 g/mol. The van der Waals surface area contributed by atoms with E-state index in [2.05, 4.69) is 4.74 Å². The molecule has 0 spiro atoms. The molecule has 0 aromatic heterocycles. The standard InChI is InChI=1S/C18H20F2N2O3S.ClH/c19-18(20)25-16-8-4-5-9-17(16)26(23,24)22-11-14(10-21)15(12-22)13-6-2-1-3-7-13;/h1-9,14-15,18H,10-12,21H2;1H/t14-,15+;/m1./s1. The number of halogens is 3. The number of para-hydroxylation sites is 1. The van der Waals surface area contributed by atoms with Gasteiger partial charge in [-0.2, -0.15) is 13.1 Å². The Bertz CT molecular complexity index is 853. The van der Waals surface area contributed by atoms with Crippen LogP contribution < -0.4 is 10.5 Å². The second-order valence-electron chi connectivity index (χ2n) is 6.16. The summed E-state index contributed by atoms with van der Waals surface area (Å²) in [6.07, 6.45) is 0. The molecule has 1 aliphatic rings. The molecule has 1 saturated heterocycles. The third-order valence-corrected chi connectivity index (χ3v) is 6.49. The van der Waals surface area contributed by atoms with Crippen molar-refractivity contribution >= 4 is 22.4 Å². The Morgan fingerprint density at radius 3 is 2.33 bits per heavy atom. The second kappa shape index (κ2) is 8.97. The van der Waals surface area contributed by atoms with Crippen LogP contribution in [0.3, 0.4) is 0 Å². The fraction of sp³-hybridized carbons (Fsp3) is 0.333. The summed E-state index contributed by atoms with van der Waals surface area (Å²) in [5, 5.41) is 0. The van der Waals surface area contributed by atoms with E-state index < -0.39 is 16.6 Å². The summed E-state index contributed by atoms with van der Waals surface area (Å²) >= 11 is 0. The maximum absolute atomic E-state index is 13.0. The molecule has 1 heterocycles. The Kier molecular flexibility index (Phi) is 7.16. The van der Waals surface area contributed by atoms with Crippen molar-refractivity contribution in [2.75, 3.05) is 19.6 Å². The number of nitrogens with zero attached hydrogens (tertiary/aromatic N) is 1. The largest absolute Gasteiger partial charge is 0.433 e. The van der Waals surface area contributed by atoms with E-state index in [0.29, 0.717) is 6.54 Å². The van der Waals surface area contributed by atoms with Gasteiger partial charge in [-0.25, -0.2) is 8.42 Å². The highest BCUT2D eigenvalue weighted by molar-refractivity contribution is 7.89. The van der Waals surface area contributed by atoms with Gasteiger partial charge < -0.3 is 10.5 Å². The van der Waals surface area contributed by atoms with Crippen LogP contribution in [0.4, 0.5) is 8.78 Å². The molecule has 2 aromatic rings. The summed E-state index contributed by atoms with van der Waals surface area (Å²) in [7, 11) is -3.98. The number of nitrogens with two attached hydrogens (primary N) is 1. The van der Waals surface area contributed by atoms with Crippen molar-refractivity contribution in [1.29, 1.82) is 0 Å². The summed E-state index contributed by atoms with van der Waals surface area (Å²) in [5.41, 5.74) is 6.87. The zero-order valence-corrected chi connectivity index (χ0v) is 16.0. The molecule has 2 N–H and O–H groups in total. The molecule has 0 bridgehead atoms. The van der Waals surface area contributed by atoms with Gasteiger partial charge in [-0.05, 0) is 30.2 Å². The molecule has 27 heavy (non-hydrogen) atoms. The predicted molar refractivity (Wildman–Crippen MR) is 101 cm³/mol. The number of ether oxygens (including phenoxy) is 1. The van der Waals surface area contributed by atoms with E-state index in [0.717, 1.165) is 5.56 Å². The molecule has 0 saturated carbocycles. The molecule has 9 heteroatoms. The van der Waals surface area contributed by atoms with Crippen LogP contribution in [0.5, 0.6) is 5.75 Å². The molecule has 0 radical (unpaired) electrons. The lowest BCUT2D eigenvalue weighted by Gasteiger charge is -2.19. The van der Waals surface area contributed by atoms with Gasteiger partial charge in [0.25, 0.3) is 0 Å².